The van der Waals surface area contributed by atoms with E-state index in [0.29, 0.717) is 16.4 Å². The van der Waals surface area contributed by atoms with E-state index in [-0.39, 0.29) is 13.1 Å². The Bertz CT molecular complexity index is 1330. The summed E-state index contributed by atoms with van der Waals surface area (Å²) in [5, 5.41) is 15.8. The summed E-state index contributed by atoms with van der Waals surface area (Å²) in [4.78, 5) is 9.55. The number of halogens is 4. The summed E-state index contributed by atoms with van der Waals surface area (Å²) in [6.07, 6.45) is -0.902. The maximum Gasteiger partial charge on any atom is 0.416 e. The molecular weight excluding hydrogens is 453 g/mol. The van der Waals surface area contributed by atoms with Gasteiger partial charge in [-0.1, -0.05) is 23.7 Å². The quantitative estimate of drug-likeness (QED) is 0.341. The summed E-state index contributed by atoms with van der Waals surface area (Å²) in [6.45, 7) is 2.46. The number of benzene rings is 2. The SMILES string of the molecule is Cc1c(N2CC(O)(c3ccc(C(F)(F)F)cc3)C2)ccnc1Nc1cc(Cl)c2cc[nH]c2c1. The van der Waals surface area contributed by atoms with Crippen molar-refractivity contribution in [2.24, 2.45) is 0 Å². The first-order valence-electron chi connectivity index (χ1n) is 10.3. The lowest BCUT2D eigenvalue weighted by atomic mass is 9.85. The van der Waals surface area contributed by atoms with Gasteiger partial charge in [-0.3, -0.25) is 0 Å². The van der Waals surface area contributed by atoms with E-state index in [9.17, 15) is 18.3 Å². The zero-order valence-electron chi connectivity index (χ0n) is 17.5. The van der Waals surface area contributed by atoms with Gasteiger partial charge in [-0.2, -0.15) is 13.2 Å². The lowest BCUT2D eigenvalue weighted by Crippen LogP contribution is -2.59. The van der Waals surface area contributed by atoms with Crippen molar-refractivity contribution < 1.29 is 18.3 Å². The molecule has 33 heavy (non-hydrogen) atoms. The molecule has 1 aliphatic heterocycles. The number of aromatic amines is 1. The highest BCUT2D eigenvalue weighted by atomic mass is 35.5. The van der Waals surface area contributed by atoms with Crippen LogP contribution in [0.5, 0.6) is 0 Å². The molecule has 0 saturated carbocycles. The highest BCUT2D eigenvalue weighted by Gasteiger charge is 2.44. The zero-order valence-corrected chi connectivity index (χ0v) is 18.3. The molecule has 5 nitrogen and oxygen atoms in total. The molecule has 1 saturated heterocycles. The molecule has 1 aliphatic rings. The van der Waals surface area contributed by atoms with Gasteiger partial charge in [0.2, 0.25) is 0 Å². The Morgan fingerprint density at radius 1 is 1.12 bits per heavy atom. The van der Waals surface area contributed by atoms with Crippen LogP contribution >= 0.6 is 11.6 Å². The standard InChI is InChI=1S/C24H20ClF3N4O/c1-14-21(32-12-23(33,13-32)15-2-4-16(5-3-15)24(26,27)28)7-9-30-22(14)31-17-10-19(25)18-6-8-29-20(18)11-17/h2-11,29,33H,12-13H2,1H3,(H,30,31). The van der Waals surface area contributed by atoms with Crippen molar-refractivity contribution in [1.29, 1.82) is 0 Å². The molecule has 0 amide bonds. The molecule has 170 valence electrons. The molecular formula is C24H20ClF3N4O. The summed E-state index contributed by atoms with van der Waals surface area (Å²) in [6, 6.07) is 12.2. The maximum absolute atomic E-state index is 12.8. The van der Waals surface area contributed by atoms with Crippen LogP contribution in [0.2, 0.25) is 5.02 Å². The van der Waals surface area contributed by atoms with Crippen LogP contribution in [0, 0.1) is 6.92 Å². The normalized spacial score (nSPS) is 15.5. The number of nitrogens with zero attached hydrogens (tertiary/aromatic N) is 2. The highest BCUT2D eigenvalue weighted by Crippen LogP contribution is 2.39. The number of aromatic nitrogens is 2. The number of alkyl halides is 3. The number of β-amino-alcohol motifs (C(OH)–C–C–N with tert-alkyl or cyclic N) is 1. The number of anilines is 3. The van der Waals surface area contributed by atoms with Gasteiger partial charge in [0.25, 0.3) is 0 Å². The van der Waals surface area contributed by atoms with Gasteiger partial charge in [0, 0.05) is 40.2 Å². The van der Waals surface area contributed by atoms with E-state index in [1.54, 1.807) is 6.20 Å². The predicted octanol–water partition coefficient (Wildman–Crippen LogP) is 5.99. The minimum absolute atomic E-state index is 0.267. The fourth-order valence-corrected chi connectivity index (χ4v) is 4.51. The molecule has 5 rings (SSSR count). The van der Waals surface area contributed by atoms with Crippen molar-refractivity contribution in [1.82, 2.24) is 9.97 Å². The lowest BCUT2D eigenvalue weighted by molar-refractivity contribution is -0.137. The highest BCUT2D eigenvalue weighted by molar-refractivity contribution is 6.35. The smallest absolute Gasteiger partial charge is 0.381 e. The van der Waals surface area contributed by atoms with Crippen molar-refractivity contribution in [2.45, 2.75) is 18.7 Å². The summed E-state index contributed by atoms with van der Waals surface area (Å²) >= 11 is 6.37. The van der Waals surface area contributed by atoms with E-state index in [1.165, 1.54) is 12.1 Å². The second-order valence-electron chi connectivity index (χ2n) is 8.29. The van der Waals surface area contributed by atoms with Crippen LogP contribution in [0.4, 0.5) is 30.4 Å². The van der Waals surface area contributed by atoms with Crippen LogP contribution in [0.3, 0.4) is 0 Å². The fraction of sp³-hybridized carbons (Fsp3) is 0.208. The van der Waals surface area contributed by atoms with E-state index < -0.39 is 17.3 Å². The number of fused-ring (bicyclic) bond motifs is 1. The van der Waals surface area contributed by atoms with Gasteiger partial charge < -0.3 is 20.3 Å². The van der Waals surface area contributed by atoms with Crippen molar-refractivity contribution in [3.05, 3.63) is 82.6 Å². The minimum atomic E-state index is -4.40. The van der Waals surface area contributed by atoms with Crippen LogP contribution in [0.1, 0.15) is 16.7 Å². The first kappa shape index (κ1) is 21.6. The second-order valence-corrected chi connectivity index (χ2v) is 8.70. The monoisotopic (exact) mass is 472 g/mol. The van der Waals surface area contributed by atoms with Crippen molar-refractivity contribution in [3.8, 4) is 0 Å². The molecule has 3 heterocycles. The maximum atomic E-state index is 12.8. The van der Waals surface area contributed by atoms with E-state index >= 15 is 0 Å². The molecule has 1 fully saturated rings. The predicted molar refractivity (Wildman–Crippen MR) is 123 cm³/mol. The van der Waals surface area contributed by atoms with Crippen molar-refractivity contribution >= 4 is 39.7 Å². The number of nitrogens with one attached hydrogen (secondary N) is 2. The molecule has 9 heteroatoms. The van der Waals surface area contributed by atoms with Gasteiger partial charge in [-0.05, 0) is 48.9 Å². The first-order valence-corrected chi connectivity index (χ1v) is 10.7. The molecule has 4 aromatic rings. The van der Waals surface area contributed by atoms with Crippen LogP contribution in [0.25, 0.3) is 10.9 Å². The van der Waals surface area contributed by atoms with Crippen LogP contribution in [-0.4, -0.2) is 28.2 Å². The number of aliphatic hydroxyl groups is 1. The van der Waals surface area contributed by atoms with Gasteiger partial charge in [-0.15, -0.1) is 0 Å². The molecule has 0 unspecified atom stereocenters. The molecule has 0 radical (unpaired) electrons. The minimum Gasteiger partial charge on any atom is -0.381 e. The van der Waals surface area contributed by atoms with Crippen LogP contribution in [0.15, 0.2) is 60.9 Å². The Labute approximate surface area is 192 Å². The molecule has 0 spiro atoms. The number of hydrogen-bond acceptors (Lipinski definition) is 4. The largest absolute Gasteiger partial charge is 0.416 e. The van der Waals surface area contributed by atoms with Crippen molar-refractivity contribution in [3.63, 3.8) is 0 Å². The average molecular weight is 473 g/mol. The van der Waals surface area contributed by atoms with Gasteiger partial charge in [0.05, 0.1) is 23.7 Å². The summed E-state index contributed by atoms with van der Waals surface area (Å²) in [5.74, 6) is 0.652. The third-order valence-corrected chi connectivity index (χ3v) is 6.36. The Kier molecular flexibility index (Phi) is 5.02. The van der Waals surface area contributed by atoms with E-state index in [4.69, 9.17) is 11.6 Å². The summed E-state index contributed by atoms with van der Waals surface area (Å²) in [5.41, 5.74) is 1.98. The zero-order chi connectivity index (χ0) is 23.4. The molecule has 2 aromatic heterocycles. The second kappa shape index (κ2) is 7.67. The first-order chi connectivity index (χ1) is 15.6. The third kappa shape index (κ3) is 3.89. The average Bonchev–Trinajstić information content (AvgIpc) is 3.22. The van der Waals surface area contributed by atoms with Crippen molar-refractivity contribution in [2.75, 3.05) is 23.3 Å². The third-order valence-electron chi connectivity index (χ3n) is 6.05. The van der Waals surface area contributed by atoms with E-state index in [0.717, 1.165) is 40.0 Å². The Hall–Kier alpha value is -3.23. The van der Waals surface area contributed by atoms with Gasteiger partial charge in [-0.25, -0.2) is 4.98 Å². The number of H-pyrrole nitrogens is 1. The molecule has 2 aromatic carbocycles. The van der Waals surface area contributed by atoms with E-state index in [1.807, 2.05) is 42.3 Å². The molecule has 3 N–H and O–H groups in total. The molecule has 0 bridgehead atoms. The number of hydrogen-bond donors (Lipinski definition) is 3. The van der Waals surface area contributed by atoms with Crippen LogP contribution < -0.4 is 10.2 Å². The Morgan fingerprint density at radius 2 is 1.85 bits per heavy atom. The number of rotatable bonds is 4. The molecule has 0 aliphatic carbocycles. The Morgan fingerprint density at radius 3 is 2.55 bits per heavy atom. The molecule has 0 atom stereocenters. The van der Waals surface area contributed by atoms with Crippen LogP contribution in [-0.2, 0) is 11.8 Å². The lowest BCUT2D eigenvalue weighted by Gasteiger charge is -2.48. The topological polar surface area (TPSA) is 64.2 Å². The van der Waals surface area contributed by atoms with Gasteiger partial charge >= 0.3 is 6.18 Å². The summed E-state index contributed by atoms with van der Waals surface area (Å²) in [7, 11) is 0. The van der Waals surface area contributed by atoms with Gasteiger partial charge in [0.1, 0.15) is 11.4 Å². The van der Waals surface area contributed by atoms with E-state index in [2.05, 4.69) is 15.3 Å². The number of pyridine rings is 1. The van der Waals surface area contributed by atoms with Gasteiger partial charge in [0.15, 0.2) is 0 Å². The fourth-order valence-electron chi connectivity index (χ4n) is 4.23. The summed E-state index contributed by atoms with van der Waals surface area (Å²) < 4.78 is 38.5. The Balaban J connectivity index is 1.34.